The van der Waals surface area contributed by atoms with Gasteiger partial charge in [-0.05, 0) is 37.1 Å². The summed E-state index contributed by atoms with van der Waals surface area (Å²) in [4.78, 5) is 36.1. The third-order valence-corrected chi connectivity index (χ3v) is 5.17. The van der Waals surface area contributed by atoms with E-state index >= 15 is 0 Å². The number of hydrogen-bond acceptors (Lipinski definition) is 6. The van der Waals surface area contributed by atoms with Gasteiger partial charge in [0, 0.05) is 55.4 Å². The molecule has 0 saturated carbocycles. The predicted molar refractivity (Wildman–Crippen MR) is 113 cm³/mol. The number of nitrogens with zero attached hydrogens (tertiary/aromatic N) is 4. The molecule has 1 saturated heterocycles. The molecule has 2 aromatic heterocycles. The minimum absolute atomic E-state index is 0.0314. The molecule has 1 fully saturated rings. The van der Waals surface area contributed by atoms with Crippen LogP contribution < -0.4 is 15.8 Å². The fraction of sp³-hybridized carbons (Fsp3) is 0.273. The average Bonchev–Trinajstić information content (AvgIpc) is 3.30. The molecule has 1 aliphatic rings. The van der Waals surface area contributed by atoms with E-state index in [9.17, 15) is 9.59 Å². The summed E-state index contributed by atoms with van der Waals surface area (Å²) in [5, 5.41) is 3.05. The maximum absolute atomic E-state index is 12.9. The number of para-hydroxylation sites is 1. The van der Waals surface area contributed by atoms with Crippen molar-refractivity contribution < 1.29 is 4.79 Å². The third kappa shape index (κ3) is 4.03. The Morgan fingerprint density at radius 2 is 1.83 bits per heavy atom. The Kier molecular flexibility index (Phi) is 5.37. The molecule has 0 aliphatic carbocycles. The van der Waals surface area contributed by atoms with E-state index in [1.807, 2.05) is 24.3 Å². The lowest BCUT2D eigenvalue weighted by Gasteiger charge is -2.21. The summed E-state index contributed by atoms with van der Waals surface area (Å²) in [5.74, 6) is 0.326. The Balaban J connectivity index is 1.56. The SMILES string of the molecule is Cn1c(NCC(=O)c2ccccc2N2CCCC2)nc(-c2ccncc2)cc1=O. The first-order valence-electron chi connectivity index (χ1n) is 9.73. The highest BCUT2D eigenvalue weighted by molar-refractivity contribution is 6.03. The van der Waals surface area contributed by atoms with Crippen molar-refractivity contribution in [1.29, 1.82) is 0 Å². The molecule has 3 heterocycles. The molecule has 0 radical (unpaired) electrons. The van der Waals surface area contributed by atoms with E-state index in [2.05, 4.69) is 20.2 Å². The van der Waals surface area contributed by atoms with Gasteiger partial charge in [-0.15, -0.1) is 0 Å². The molecular weight excluding hydrogens is 366 g/mol. The lowest BCUT2D eigenvalue weighted by molar-refractivity contribution is 0.101. The zero-order valence-electron chi connectivity index (χ0n) is 16.3. The number of carbonyl (C=O) groups is 1. The van der Waals surface area contributed by atoms with E-state index in [1.54, 1.807) is 31.6 Å². The van der Waals surface area contributed by atoms with Crippen LogP contribution in [0.4, 0.5) is 11.6 Å². The van der Waals surface area contributed by atoms with Crippen molar-refractivity contribution in [3.8, 4) is 11.3 Å². The minimum atomic E-state index is -0.195. The molecule has 29 heavy (non-hydrogen) atoms. The Morgan fingerprint density at radius 3 is 2.59 bits per heavy atom. The Hall–Kier alpha value is -3.48. The van der Waals surface area contributed by atoms with E-state index in [1.165, 1.54) is 10.6 Å². The molecule has 7 nitrogen and oxygen atoms in total. The summed E-state index contributed by atoms with van der Waals surface area (Å²) in [7, 11) is 1.64. The van der Waals surface area contributed by atoms with Crippen molar-refractivity contribution in [2.75, 3.05) is 29.9 Å². The second kappa shape index (κ2) is 8.26. The summed E-state index contributed by atoms with van der Waals surface area (Å²) in [6.07, 6.45) is 5.60. The normalized spacial score (nSPS) is 13.5. The number of benzene rings is 1. The monoisotopic (exact) mass is 389 g/mol. The van der Waals surface area contributed by atoms with Crippen molar-refractivity contribution in [3.05, 3.63) is 70.8 Å². The summed E-state index contributed by atoms with van der Waals surface area (Å²) in [6, 6.07) is 12.8. The van der Waals surface area contributed by atoms with Crippen LogP contribution >= 0.6 is 0 Å². The lowest BCUT2D eigenvalue weighted by atomic mass is 10.1. The molecule has 7 heteroatoms. The van der Waals surface area contributed by atoms with E-state index in [0.29, 0.717) is 17.2 Å². The molecule has 0 bridgehead atoms. The number of anilines is 2. The summed E-state index contributed by atoms with van der Waals surface area (Å²) in [5.41, 5.74) is 2.81. The van der Waals surface area contributed by atoms with Crippen LogP contribution in [0.2, 0.25) is 0 Å². The van der Waals surface area contributed by atoms with E-state index in [0.717, 1.165) is 37.2 Å². The van der Waals surface area contributed by atoms with Crippen LogP contribution in [0.15, 0.2) is 59.7 Å². The molecule has 0 spiro atoms. The van der Waals surface area contributed by atoms with Gasteiger partial charge >= 0.3 is 0 Å². The van der Waals surface area contributed by atoms with Gasteiger partial charge in [0.05, 0.1) is 12.2 Å². The van der Waals surface area contributed by atoms with Crippen LogP contribution in [-0.2, 0) is 7.05 Å². The van der Waals surface area contributed by atoms with Gasteiger partial charge < -0.3 is 10.2 Å². The molecule has 0 amide bonds. The largest absolute Gasteiger partial charge is 0.371 e. The summed E-state index contributed by atoms with van der Waals surface area (Å²) in [6.45, 7) is 2.01. The van der Waals surface area contributed by atoms with Crippen molar-refractivity contribution >= 4 is 17.4 Å². The zero-order valence-corrected chi connectivity index (χ0v) is 16.3. The molecule has 0 atom stereocenters. The second-order valence-corrected chi connectivity index (χ2v) is 7.09. The maximum atomic E-state index is 12.9. The summed E-state index contributed by atoms with van der Waals surface area (Å²) < 4.78 is 1.41. The standard InChI is InChI=1S/C22H23N5O2/c1-26-21(29)14-18(16-8-10-23-11-9-16)25-22(26)24-15-20(28)17-6-2-3-7-19(17)27-12-4-5-13-27/h2-3,6-11,14H,4-5,12-13,15H2,1H3,(H,24,25). The first kappa shape index (κ1) is 18.9. The van der Waals surface area contributed by atoms with Crippen LogP contribution in [0.1, 0.15) is 23.2 Å². The van der Waals surface area contributed by atoms with Gasteiger partial charge in [0.25, 0.3) is 5.56 Å². The number of nitrogens with one attached hydrogen (secondary N) is 1. The highest BCUT2D eigenvalue weighted by Gasteiger charge is 2.19. The molecule has 0 unspecified atom stereocenters. The fourth-order valence-corrected chi connectivity index (χ4v) is 3.57. The maximum Gasteiger partial charge on any atom is 0.255 e. The van der Waals surface area contributed by atoms with Crippen molar-refractivity contribution in [1.82, 2.24) is 14.5 Å². The van der Waals surface area contributed by atoms with Crippen molar-refractivity contribution in [2.45, 2.75) is 12.8 Å². The zero-order chi connectivity index (χ0) is 20.2. The summed E-state index contributed by atoms with van der Waals surface area (Å²) >= 11 is 0. The van der Waals surface area contributed by atoms with E-state index in [-0.39, 0.29) is 17.9 Å². The molecule has 4 rings (SSSR count). The van der Waals surface area contributed by atoms with Gasteiger partial charge in [-0.25, -0.2) is 4.98 Å². The van der Waals surface area contributed by atoms with Gasteiger partial charge in [0.2, 0.25) is 5.95 Å². The Bertz CT molecular complexity index is 1070. The van der Waals surface area contributed by atoms with Crippen molar-refractivity contribution in [3.63, 3.8) is 0 Å². The van der Waals surface area contributed by atoms with Gasteiger partial charge in [-0.3, -0.25) is 19.1 Å². The number of carbonyl (C=O) groups excluding carboxylic acids is 1. The quantitative estimate of drug-likeness (QED) is 0.653. The first-order chi connectivity index (χ1) is 14.1. The number of ketones is 1. The smallest absolute Gasteiger partial charge is 0.255 e. The van der Waals surface area contributed by atoms with Crippen molar-refractivity contribution in [2.24, 2.45) is 7.05 Å². The molecule has 148 valence electrons. The number of rotatable bonds is 6. The highest BCUT2D eigenvalue weighted by Crippen LogP contribution is 2.25. The third-order valence-electron chi connectivity index (χ3n) is 5.17. The highest BCUT2D eigenvalue weighted by atomic mass is 16.1. The van der Waals surface area contributed by atoms with Crippen LogP contribution in [0, 0.1) is 0 Å². The number of aromatic nitrogens is 3. The molecule has 1 aliphatic heterocycles. The molecule has 1 N–H and O–H groups in total. The first-order valence-corrected chi connectivity index (χ1v) is 9.73. The van der Waals surface area contributed by atoms with Gasteiger partial charge in [-0.1, -0.05) is 12.1 Å². The molecule has 1 aromatic carbocycles. The fourth-order valence-electron chi connectivity index (χ4n) is 3.57. The van der Waals surface area contributed by atoms with Gasteiger partial charge in [-0.2, -0.15) is 0 Å². The number of Topliss-reactive ketones (excluding diaryl/α,β-unsaturated/α-hetero) is 1. The Morgan fingerprint density at radius 1 is 1.10 bits per heavy atom. The minimum Gasteiger partial charge on any atom is -0.371 e. The van der Waals surface area contributed by atoms with Crippen LogP contribution in [0.5, 0.6) is 0 Å². The van der Waals surface area contributed by atoms with Crippen LogP contribution in [0.3, 0.4) is 0 Å². The molecular formula is C22H23N5O2. The van der Waals surface area contributed by atoms with Gasteiger partial charge in [0.1, 0.15) is 0 Å². The van der Waals surface area contributed by atoms with Gasteiger partial charge in [0.15, 0.2) is 5.78 Å². The topological polar surface area (TPSA) is 80.1 Å². The van der Waals surface area contributed by atoms with Crippen LogP contribution in [0.25, 0.3) is 11.3 Å². The van der Waals surface area contributed by atoms with Crippen LogP contribution in [-0.4, -0.2) is 40.0 Å². The Labute approximate surface area is 169 Å². The van der Waals surface area contributed by atoms with E-state index in [4.69, 9.17) is 0 Å². The average molecular weight is 389 g/mol. The lowest BCUT2D eigenvalue weighted by Crippen LogP contribution is -2.26. The number of pyridine rings is 1. The van der Waals surface area contributed by atoms with E-state index < -0.39 is 0 Å². The number of hydrogen-bond donors (Lipinski definition) is 1. The molecule has 3 aromatic rings. The predicted octanol–water partition coefficient (Wildman–Crippen LogP) is 2.74. The second-order valence-electron chi connectivity index (χ2n) is 7.09.